The Bertz CT molecular complexity index is 608. The van der Waals surface area contributed by atoms with Crippen LogP contribution in [0.15, 0.2) is 17.7 Å². The van der Waals surface area contributed by atoms with Gasteiger partial charge < -0.3 is 5.11 Å². The van der Waals surface area contributed by atoms with Crippen LogP contribution in [-0.2, 0) is 0 Å². The topological polar surface area (TPSA) is 37.3 Å². The maximum absolute atomic E-state index is 12.6. The third kappa shape index (κ3) is 2.07. The molecule has 0 spiro atoms. The van der Waals surface area contributed by atoms with Crippen LogP contribution >= 0.6 is 0 Å². The molecule has 1 atom stereocenters. The van der Waals surface area contributed by atoms with E-state index in [1.165, 1.54) is 18.4 Å². The highest BCUT2D eigenvalue weighted by molar-refractivity contribution is 6.01. The number of hydrogen-bond acceptors (Lipinski definition) is 2. The normalized spacial score (nSPS) is 24.4. The highest BCUT2D eigenvalue weighted by atomic mass is 16.3. The van der Waals surface area contributed by atoms with Gasteiger partial charge in [0.15, 0.2) is 5.78 Å². The molecule has 2 aliphatic rings. The molecular formula is C18H22O2. The largest absolute Gasteiger partial charge is 0.508 e. The molecule has 0 radical (unpaired) electrons. The van der Waals surface area contributed by atoms with Crippen LogP contribution in [0.25, 0.3) is 6.08 Å². The summed E-state index contributed by atoms with van der Waals surface area (Å²) < 4.78 is 0. The summed E-state index contributed by atoms with van der Waals surface area (Å²) in [7, 11) is 0. The van der Waals surface area contributed by atoms with Crippen LogP contribution in [0.3, 0.4) is 0 Å². The van der Waals surface area contributed by atoms with E-state index in [1.807, 2.05) is 13.0 Å². The zero-order valence-electron chi connectivity index (χ0n) is 12.5. The summed E-state index contributed by atoms with van der Waals surface area (Å²) in [6.45, 7) is 6.39. The van der Waals surface area contributed by atoms with E-state index in [9.17, 15) is 9.90 Å². The molecule has 1 aromatic carbocycles. The smallest absolute Gasteiger partial charge is 0.164 e. The third-order valence-electron chi connectivity index (χ3n) is 5.08. The summed E-state index contributed by atoms with van der Waals surface area (Å²) in [6, 6.07) is 3.59. The molecule has 2 aliphatic carbocycles. The molecule has 20 heavy (non-hydrogen) atoms. The van der Waals surface area contributed by atoms with Crippen molar-refractivity contribution in [1.29, 1.82) is 0 Å². The van der Waals surface area contributed by atoms with Gasteiger partial charge in [-0.3, -0.25) is 4.79 Å². The first-order valence-corrected chi connectivity index (χ1v) is 7.46. The van der Waals surface area contributed by atoms with Crippen molar-refractivity contribution in [2.24, 2.45) is 11.3 Å². The van der Waals surface area contributed by atoms with E-state index >= 15 is 0 Å². The predicted molar refractivity (Wildman–Crippen MR) is 80.9 cm³/mol. The lowest BCUT2D eigenvalue weighted by atomic mass is 9.65. The lowest BCUT2D eigenvalue weighted by Gasteiger charge is -2.40. The molecule has 3 rings (SSSR count). The lowest BCUT2D eigenvalue weighted by Crippen LogP contribution is -2.30. The van der Waals surface area contributed by atoms with Gasteiger partial charge in [-0.2, -0.15) is 0 Å². The molecular weight excluding hydrogens is 248 g/mol. The Balaban J connectivity index is 2.14. The highest BCUT2D eigenvalue weighted by Gasteiger charge is 2.38. The second-order valence-electron chi connectivity index (χ2n) is 6.97. The molecule has 1 fully saturated rings. The zero-order chi connectivity index (χ0) is 14.5. The molecule has 106 valence electrons. The van der Waals surface area contributed by atoms with Gasteiger partial charge >= 0.3 is 0 Å². The van der Waals surface area contributed by atoms with Gasteiger partial charge in [0.05, 0.1) is 0 Å². The number of ketones is 1. The molecule has 0 heterocycles. The Kier molecular flexibility index (Phi) is 3.00. The van der Waals surface area contributed by atoms with Gasteiger partial charge in [0, 0.05) is 12.0 Å². The molecule has 2 heteroatoms. The highest BCUT2D eigenvalue weighted by Crippen LogP contribution is 2.48. The third-order valence-corrected chi connectivity index (χ3v) is 5.08. The molecule has 0 aromatic heterocycles. The van der Waals surface area contributed by atoms with Crippen LogP contribution in [0, 0.1) is 18.3 Å². The number of phenols is 1. The van der Waals surface area contributed by atoms with Gasteiger partial charge in [-0.15, -0.1) is 0 Å². The van der Waals surface area contributed by atoms with E-state index in [0.717, 1.165) is 23.1 Å². The number of benzene rings is 1. The number of allylic oxidation sites excluding steroid dienone is 1. The summed E-state index contributed by atoms with van der Waals surface area (Å²) >= 11 is 0. The van der Waals surface area contributed by atoms with E-state index < -0.39 is 0 Å². The molecule has 0 aliphatic heterocycles. The number of Topliss-reactive ketones (excluding diaryl/α,β-unsaturated/α-hetero) is 1. The standard InChI is InChI=1S/C18H22O2/c1-11-7-14-13(9-16(11)19)8-12-5-4-6-18(2,3)15(12)10-17(14)20/h7-9,15,19H,4-6,10H2,1-3H3/t15-/m1/s1. The Hall–Kier alpha value is -1.57. The summed E-state index contributed by atoms with van der Waals surface area (Å²) in [5.41, 5.74) is 4.03. The average molecular weight is 270 g/mol. The summed E-state index contributed by atoms with van der Waals surface area (Å²) in [4.78, 5) is 12.6. The zero-order valence-corrected chi connectivity index (χ0v) is 12.5. The summed E-state index contributed by atoms with van der Waals surface area (Å²) in [6.07, 6.45) is 6.22. The first-order valence-electron chi connectivity index (χ1n) is 7.46. The van der Waals surface area contributed by atoms with Crippen LogP contribution < -0.4 is 0 Å². The van der Waals surface area contributed by atoms with E-state index in [4.69, 9.17) is 0 Å². The molecule has 0 unspecified atom stereocenters. The van der Waals surface area contributed by atoms with Crippen molar-refractivity contribution < 1.29 is 9.90 Å². The second-order valence-corrected chi connectivity index (χ2v) is 6.97. The van der Waals surface area contributed by atoms with Crippen LogP contribution in [0.4, 0.5) is 0 Å². The fourth-order valence-electron chi connectivity index (χ4n) is 3.75. The molecule has 1 aromatic rings. The Labute approximate surface area is 120 Å². The predicted octanol–water partition coefficient (Wildman–Crippen LogP) is 4.50. The van der Waals surface area contributed by atoms with Gasteiger partial charge in [-0.25, -0.2) is 0 Å². The first kappa shape index (κ1) is 13.4. The fourth-order valence-corrected chi connectivity index (χ4v) is 3.75. The van der Waals surface area contributed by atoms with Crippen LogP contribution in [-0.4, -0.2) is 10.9 Å². The van der Waals surface area contributed by atoms with Crippen LogP contribution in [0.1, 0.15) is 61.0 Å². The average Bonchev–Trinajstić information content (AvgIpc) is 2.49. The molecule has 1 N–H and O–H groups in total. The molecule has 1 saturated carbocycles. The Morgan fingerprint density at radius 2 is 2.05 bits per heavy atom. The Morgan fingerprint density at radius 3 is 2.80 bits per heavy atom. The van der Waals surface area contributed by atoms with E-state index in [-0.39, 0.29) is 16.9 Å². The number of hydrogen-bond donors (Lipinski definition) is 1. The Morgan fingerprint density at radius 1 is 1.30 bits per heavy atom. The maximum atomic E-state index is 12.6. The van der Waals surface area contributed by atoms with Gasteiger partial charge in [0.25, 0.3) is 0 Å². The minimum atomic E-state index is 0.193. The van der Waals surface area contributed by atoms with Crippen molar-refractivity contribution in [1.82, 2.24) is 0 Å². The molecule has 2 nitrogen and oxygen atoms in total. The lowest BCUT2D eigenvalue weighted by molar-refractivity contribution is 0.0906. The van der Waals surface area contributed by atoms with E-state index in [0.29, 0.717) is 12.3 Å². The van der Waals surface area contributed by atoms with Crippen molar-refractivity contribution in [2.45, 2.75) is 46.5 Å². The SMILES string of the molecule is Cc1cc2c(cc1O)C=C1CCCC(C)(C)[C@@H]1CC2=O. The second kappa shape index (κ2) is 4.47. The van der Waals surface area contributed by atoms with Gasteiger partial charge in [-0.05, 0) is 60.8 Å². The van der Waals surface area contributed by atoms with Crippen LogP contribution in [0.2, 0.25) is 0 Å². The number of aromatic hydroxyl groups is 1. The maximum Gasteiger partial charge on any atom is 0.164 e. The number of fused-ring (bicyclic) bond motifs is 2. The first-order chi connectivity index (χ1) is 9.38. The summed E-state index contributed by atoms with van der Waals surface area (Å²) in [5.74, 6) is 0.842. The minimum Gasteiger partial charge on any atom is -0.508 e. The molecule has 0 bridgehead atoms. The van der Waals surface area contributed by atoms with Crippen LogP contribution in [0.5, 0.6) is 5.75 Å². The monoisotopic (exact) mass is 270 g/mol. The van der Waals surface area contributed by atoms with Gasteiger partial charge in [0.2, 0.25) is 0 Å². The van der Waals surface area contributed by atoms with E-state index in [1.54, 1.807) is 6.07 Å². The van der Waals surface area contributed by atoms with Gasteiger partial charge in [-0.1, -0.05) is 25.5 Å². The van der Waals surface area contributed by atoms with Crippen molar-refractivity contribution in [3.8, 4) is 5.75 Å². The van der Waals surface area contributed by atoms with E-state index in [2.05, 4.69) is 19.9 Å². The number of carbonyl (C=O) groups is 1. The number of phenolic OH excluding ortho intramolecular Hbond substituents is 1. The van der Waals surface area contributed by atoms with Crippen molar-refractivity contribution in [3.05, 3.63) is 34.4 Å². The molecule has 0 amide bonds. The van der Waals surface area contributed by atoms with Gasteiger partial charge in [0.1, 0.15) is 5.75 Å². The number of carbonyl (C=O) groups excluding carboxylic acids is 1. The number of aryl methyl sites for hydroxylation is 1. The van der Waals surface area contributed by atoms with Crippen molar-refractivity contribution in [3.63, 3.8) is 0 Å². The number of rotatable bonds is 0. The minimum absolute atomic E-state index is 0.193. The van der Waals surface area contributed by atoms with Crippen molar-refractivity contribution >= 4 is 11.9 Å². The van der Waals surface area contributed by atoms with Crippen molar-refractivity contribution in [2.75, 3.05) is 0 Å². The quantitative estimate of drug-likeness (QED) is 0.753. The summed E-state index contributed by atoms with van der Waals surface area (Å²) in [5, 5.41) is 9.91. The molecule has 0 saturated heterocycles. The fraction of sp³-hybridized carbons (Fsp3) is 0.500.